The summed E-state index contributed by atoms with van der Waals surface area (Å²) in [5.74, 6) is 0. The van der Waals surface area contributed by atoms with Crippen molar-refractivity contribution in [2.75, 3.05) is 13.1 Å². The standard InChI is InChI=1S/C7H14N2/c8-6-4-2-1-3-5-7-9/h2-3H,4-9H2. The van der Waals surface area contributed by atoms with Gasteiger partial charge in [-0.2, -0.15) is 0 Å². The van der Waals surface area contributed by atoms with Gasteiger partial charge in [0, 0.05) is 0 Å². The zero-order valence-electron chi connectivity index (χ0n) is 5.64. The summed E-state index contributed by atoms with van der Waals surface area (Å²) in [7, 11) is 0. The van der Waals surface area contributed by atoms with Crippen molar-refractivity contribution in [1.82, 2.24) is 0 Å². The Labute approximate surface area is 56.2 Å². The molecule has 0 aliphatic rings. The van der Waals surface area contributed by atoms with E-state index in [1.54, 1.807) is 0 Å². The van der Waals surface area contributed by atoms with Crippen molar-refractivity contribution in [3.05, 3.63) is 17.9 Å². The molecule has 0 saturated heterocycles. The second-order valence-corrected chi connectivity index (χ2v) is 1.73. The molecule has 0 aliphatic carbocycles. The Morgan fingerprint density at radius 3 is 1.78 bits per heavy atom. The predicted octanol–water partition coefficient (Wildman–Crippen LogP) is 0.395. The second kappa shape index (κ2) is 7.44. The van der Waals surface area contributed by atoms with Crippen molar-refractivity contribution in [2.45, 2.75) is 12.8 Å². The van der Waals surface area contributed by atoms with Crippen LogP contribution in [0.3, 0.4) is 0 Å². The molecule has 0 aromatic rings. The van der Waals surface area contributed by atoms with Crippen molar-refractivity contribution in [3.8, 4) is 0 Å². The van der Waals surface area contributed by atoms with Gasteiger partial charge in [-0.1, -0.05) is 0 Å². The van der Waals surface area contributed by atoms with Crippen LogP contribution >= 0.6 is 0 Å². The molecule has 0 rings (SSSR count). The Kier molecular flexibility index (Phi) is 6.98. The summed E-state index contributed by atoms with van der Waals surface area (Å²) < 4.78 is 0. The van der Waals surface area contributed by atoms with Gasteiger partial charge in [-0.05, 0) is 38.1 Å². The lowest BCUT2D eigenvalue weighted by Gasteiger charge is -1.79. The lowest BCUT2D eigenvalue weighted by molar-refractivity contribution is 0.997. The smallest absolute Gasteiger partial charge is 0.00365 e. The molecule has 0 amide bonds. The minimum atomic E-state index is 0.698. The number of hydrogen-bond acceptors (Lipinski definition) is 2. The largest absolute Gasteiger partial charge is 0.330 e. The highest BCUT2D eigenvalue weighted by atomic mass is 14.5. The summed E-state index contributed by atoms with van der Waals surface area (Å²) in [6.45, 7) is 1.40. The van der Waals surface area contributed by atoms with Crippen LogP contribution in [0.15, 0.2) is 17.9 Å². The van der Waals surface area contributed by atoms with E-state index in [9.17, 15) is 0 Å². The van der Waals surface area contributed by atoms with Gasteiger partial charge in [0.2, 0.25) is 0 Å². The normalized spacial score (nSPS) is 8.22. The molecular formula is C7H14N2. The fourth-order valence-electron chi connectivity index (χ4n) is 0.417. The molecule has 0 aromatic carbocycles. The first-order valence-electron chi connectivity index (χ1n) is 3.21. The third-order valence-electron chi connectivity index (χ3n) is 0.858. The van der Waals surface area contributed by atoms with E-state index >= 15 is 0 Å². The molecule has 0 unspecified atom stereocenters. The van der Waals surface area contributed by atoms with E-state index < -0.39 is 0 Å². The van der Waals surface area contributed by atoms with Gasteiger partial charge in [0.1, 0.15) is 0 Å². The molecular weight excluding hydrogens is 112 g/mol. The Hall–Kier alpha value is -0.560. The van der Waals surface area contributed by atoms with E-state index in [0.29, 0.717) is 13.1 Å². The molecule has 0 atom stereocenters. The Morgan fingerprint density at radius 2 is 1.44 bits per heavy atom. The first-order chi connectivity index (χ1) is 4.41. The molecule has 0 bridgehead atoms. The molecule has 2 nitrogen and oxygen atoms in total. The van der Waals surface area contributed by atoms with Gasteiger partial charge >= 0.3 is 0 Å². The lowest BCUT2D eigenvalue weighted by Crippen LogP contribution is -1.95. The highest BCUT2D eigenvalue weighted by Gasteiger charge is 1.69. The minimum absolute atomic E-state index is 0.698. The van der Waals surface area contributed by atoms with Crippen molar-refractivity contribution >= 4 is 0 Å². The number of nitrogens with two attached hydrogens (primary N) is 2. The molecule has 0 aromatic heterocycles. The van der Waals surface area contributed by atoms with Gasteiger partial charge in [0.25, 0.3) is 0 Å². The molecule has 0 saturated carbocycles. The molecule has 0 aliphatic heterocycles. The predicted molar refractivity (Wildman–Crippen MR) is 40.0 cm³/mol. The SMILES string of the molecule is NCCC=C=CCCN. The highest BCUT2D eigenvalue weighted by molar-refractivity contribution is 4.84. The van der Waals surface area contributed by atoms with Crippen LogP contribution < -0.4 is 11.5 Å². The van der Waals surface area contributed by atoms with Gasteiger partial charge in [-0.15, -0.1) is 5.73 Å². The monoisotopic (exact) mass is 126 g/mol. The first kappa shape index (κ1) is 8.44. The van der Waals surface area contributed by atoms with Gasteiger partial charge in [-0.3, -0.25) is 0 Å². The molecule has 0 heterocycles. The fourth-order valence-corrected chi connectivity index (χ4v) is 0.417. The van der Waals surface area contributed by atoms with Crippen LogP contribution in [0, 0.1) is 0 Å². The van der Waals surface area contributed by atoms with E-state index in [1.165, 1.54) is 0 Å². The van der Waals surface area contributed by atoms with Crippen LogP contribution in [0.2, 0.25) is 0 Å². The van der Waals surface area contributed by atoms with E-state index in [-0.39, 0.29) is 0 Å². The lowest BCUT2D eigenvalue weighted by atomic mass is 10.3. The minimum Gasteiger partial charge on any atom is -0.330 e. The maximum atomic E-state index is 5.23. The Balaban J connectivity index is 3.18. The Morgan fingerprint density at radius 1 is 1.00 bits per heavy atom. The van der Waals surface area contributed by atoms with Crippen LogP contribution in [-0.4, -0.2) is 13.1 Å². The summed E-state index contributed by atoms with van der Waals surface area (Å²) in [5.41, 5.74) is 13.4. The van der Waals surface area contributed by atoms with Crippen molar-refractivity contribution < 1.29 is 0 Å². The average molecular weight is 126 g/mol. The first-order valence-corrected chi connectivity index (χ1v) is 3.21. The van der Waals surface area contributed by atoms with Gasteiger partial charge in [0.05, 0.1) is 0 Å². The quantitative estimate of drug-likeness (QED) is 0.535. The van der Waals surface area contributed by atoms with Gasteiger partial charge in [0.15, 0.2) is 0 Å². The summed E-state index contributed by atoms with van der Waals surface area (Å²) >= 11 is 0. The molecule has 4 N–H and O–H groups in total. The van der Waals surface area contributed by atoms with Crippen LogP contribution in [-0.2, 0) is 0 Å². The van der Waals surface area contributed by atoms with E-state index in [4.69, 9.17) is 11.5 Å². The van der Waals surface area contributed by atoms with Gasteiger partial charge in [-0.25, -0.2) is 0 Å². The third-order valence-corrected chi connectivity index (χ3v) is 0.858. The summed E-state index contributed by atoms with van der Waals surface area (Å²) in [5, 5.41) is 0. The topological polar surface area (TPSA) is 52.0 Å². The molecule has 0 spiro atoms. The number of rotatable bonds is 4. The zero-order valence-corrected chi connectivity index (χ0v) is 5.64. The van der Waals surface area contributed by atoms with Crippen LogP contribution in [0.4, 0.5) is 0 Å². The molecule has 52 valence electrons. The van der Waals surface area contributed by atoms with Crippen LogP contribution in [0.5, 0.6) is 0 Å². The second-order valence-electron chi connectivity index (χ2n) is 1.73. The summed E-state index contributed by atoms with van der Waals surface area (Å²) in [6.07, 6.45) is 5.66. The molecule has 9 heavy (non-hydrogen) atoms. The number of hydrogen-bond donors (Lipinski definition) is 2. The average Bonchev–Trinajstić information content (AvgIpc) is 1.89. The van der Waals surface area contributed by atoms with Crippen molar-refractivity contribution in [1.29, 1.82) is 0 Å². The van der Waals surface area contributed by atoms with Crippen LogP contribution in [0.1, 0.15) is 12.8 Å². The van der Waals surface area contributed by atoms with Crippen molar-refractivity contribution in [3.63, 3.8) is 0 Å². The molecule has 0 fully saturated rings. The van der Waals surface area contributed by atoms with E-state index in [2.05, 4.69) is 5.73 Å². The maximum Gasteiger partial charge on any atom is -0.00365 e. The summed E-state index contributed by atoms with van der Waals surface area (Å²) in [6, 6.07) is 0. The van der Waals surface area contributed by atoms with E-state index in [1.807, 2.05) is 12.2 Å². The van der Waals surface area contributed by atoms with Crippen molar-refractivity contribution in [2.24, 2.45) is 11.5 Å². The van der Waals surface area contributed by atoms with E-state index in [0.717, 1.165) is 12.8 Å². The Bertz CT molecular complexity index is 91.5. The zero-order chi connectivity index (χ0) is 6.95. The maximum absolute atomic E-state index is 5.23. The third kappa shape index (κ3) is 7.44. The summed E-state index contributed by atoms with van der Waals surface area (Å²) in [4.78, 5) is 0. The molecule has 2 heteroatoms. The highest BCUT2D eigenvalue weighted by Crippen LogP contribution is 1.77. The van der Waals surface area contributed by atoms with Gasteiger partial charge < -0.3 is 11.5 Å². The fraction of sp³-hybridized carbons (Fsp3) is 0.571. The van der Waals surface area contributed by atoms with Crippen LogP contribution in [0.25, 0.3) is 0 Å². The molecule has 0 radical (unpaired) electrons.